The molecule has 2 aromatic rings. The molecule has 1 amide bonds. The molecule has 0 spiro atoms. The molecule has 1 aliphatic carbocycles. The lowest BCUT2D eigenvalue weighted by atomic mass is 10.1. The molecule has 0 bridgehead atoms. The fourth-order valence-electron chi connectivity index (χ4n) is 3.44. The highest BCUT2D eigenvalue weighted by molar-refractivity contribution is 6.06. The minimum Gasteiger partial charge on any atom is -0.359 e. The van der Waals surface area contributed by atoms with Crippen molar-refractivity contribution >= 4 is 17.3 Å². The quantitative estimate of drug-likeness (QED) is 0.636. The molecule has 3 rings (SSSR count). The third-order valence-electron chi connectivity index (χ3n) is 5.51. The van der Waals surface area contributed by atoms with Gasteiger partial charge in [-0.05, 0) is 54.5 Å². The van der Waals surface area contributed by atoms with Gasteiger partial charge in [0.2, 0.25) is 0 Å². The van der Waals surface area contributed by atoms with Crippen molar-refractivity contribution in [2.75, 3.05) is 10.6 Å². The van der Waals surface area contributed by atoms with E-state index >= 15 is 0 Å². The molecule has 2 N–H and O–H groups in total. The second kappa shape index (κ2) is 7.38. The molecule has 2 aromatic carbocycles. The summed E-state index contributed by atoms with van der Waals surface area (Å²) in [5, 5.41) is 5.66. The Kier molecular flexibility index (Phi) is 5.28. The number of anilines is 2. The molecular weight excluding hydrogens is 358 g/mol. The van der Waals surface area contributed by atoms with E-state index in [1.807, 2.05) is 6.07 Å². The first kappa shape index (κ1) is 20.1. The van der Waals surface area contributed by atoms with Gasteiger partial charge in [-0.3, -0.25) is 4.79 Å². The van der Waals surface area contributed by atoms with E-state index in [1.54, 1.807) is 26.0 Å². The van der Waals surface area contributed by atoms with Gasteiger partial charge in [0.1, 0.15) is 11.5 Å². The van der Waals surface area contributed by atoms with E-state index in [0.717, 1.165) is 17.8 Å². The number of carbonyl (C=O) groups is 1. The summed E-state index contributed by atoms with van der Waals surface area (Å²) in [5.74, 6) is -1.68. The van der Waals surface area contributed by atoms with Crippen molar-refractivity contribution in [3.05, 3.63) is 70.9 Å². The van der Waals surface area contributed by atoms with Crippen LogP contribution < -0.4 is 10.6 Å². The number of rotatable bonds is 6. The monoisotopic (exact) mass is 384 g/mol. The molecule has 0 heterocycles. The molecule has 0 radical (unpaired) electrons. The normalized spacial score (nSPS) is 17.1. The predicted molar refractivity (Wildman–Crippen MR) is 110 cm³/mol. The lowest BCUT2D eigenvalue weighted by molar-refractivity contribution is 0.102. The predicted octanol–water partition coefficient (Wildman–Crippen LogP) is 6.06. The van der Waals surface area contributed by atoms with Crippen molar-refractivity contribution in [3.8, 4) is 0 Å². The highest BCUT2D eigenvalue weighted by Crippen LogP contribution is 2.55. The second-order valence-corrected chi connectivity index (χ2v) is 8.13. The van der Waals surface area contributed by atoms with Crippen LogP contribution in [0.4, 0.5) is 20.2 Å². The van der Waals surface area contributed by atoms with E-state index in [9.17, 15) is 13.6 Å². The molecule has 28 heavy (non-hydrogen) atoms. The van der Waals surface area contributed by atoms with Crippen LogP contribution in [-0.2, 0) is 6.42 Å². The molecule has 5 heteroatoms. The van der Waals surface area contributed by atoms with Crippen molar-refractivity contribution in [1.82, 2.24) is 0 Å². The molecule has 148 valence electrons. The molecule has 0 saturated heterocycles. The number of carbonyl (C=O) groups excluding carboxylic acids is 1. The smallest absolute Gasteiger partial charge is 0.256 e. The minimum atomic E-state index is -0.792. The van der Waals surface area contributed by atoms with Gasteiger partial charge in [-0.15, -0.1) is 0 Å². The Morgan fingerprint density at radius 3 is 2.50 bits per heavy atom. The van der Waals surface area contributed by atoms with E-state index in [2.05, 4.69) is 31.1 Å². The molecule has 1 atom stereocenters. The summed E-state index contributed by atoms with van der Waals surface area (Å²) < 4.78 is 28.5. The lowest BCUT2D eigenvalue weighted by Gasteiger charge is -2.15. The Morgan fingerprint density at radius 2 is 1.89 bits per heavy atom. The molecule has 0 aromatic heterocycles. The summed E-state index contributed by atoms with van der Waals surface area (Å²) in [6.07, 6.45) is 1.48. The van der Waals surface area contributed by atoms with Gasteiger partial charge in [-0.2, -0.15) is 0 Å². The first-order valence-corrected chi connectivity index (χ1v) is 9.48. The number of halogens is 2. The summed E-state index contributed by atoms with van der Waals surface area (Å²) in [5.41, 5.74) is 2.90. The average Bonchev–Trinajstić information content (AvgIpc) is 3.28. The number of aryl methyl sites for hydroxylation is 2. The summed E-state index contributed by atoms with van der Waals surface area (Å²) in [4.78, 5) is 12.7. The molecule has 3 nitrogen and oxygen atoms in total. The maximum atomic E-state index is 14.5. The van der Waals surface area contributed by atoms with E-state index in [1.165, 1.54) is 12.1 Å². The molecule has 1 aliphatic rings. The first-order valence-electron chi connectivity index (χ1n) is 9.48. The Morgan fingerprint density at radius 1 is 1.21 bits per heavy atom. The summed E-state index contributed by atoms with van der Waals surface area (Å²) in [6, 6.07) is 7.92. The maximum Gasteiger partial charge on any atom is 0.256 e. The van der Waals surface area contributed by atoms with Crippen LogP contribution in [0.1, 0.15) is 48.7 Å². The topological polar surface area (TPSA) is 41.1 Å². The zero-order chi connectivity index (χ0) is 20.6. The SMILES string of the molecule is C=C(Nc1ccc(C)c(C(=O)Nc2c(F)ccc(CC)c2F)c1)C1CC1(C)C. The number of hydrogen-bond acceptors (Lipinski definition) is 2. The first-order chi connectivity index (χ1) is 13.1. The number of amides is 1. The molecule has 1 saturated carbocycles. The summed E-state index contributed by atoms with van der Waals surface area (Å²) in [6.45, 7) is 12.0. The van der Waals surface area contributed by atoms with Crippen LogP contribution in [0.5, 0.6) is 0 Å². The van der Waals surface area contributed by atoms with Crippen LogP contribution in [0.25, 0.3) is 0 Å². The standard InChI is InChI=1S/C23H26F2N2O/c1-6-15-8-10-19(24)21(20(15)25)27-22(28)17-11-16(9-7-13(17)2)26-14(3)18-12-23(18,4)5/h7-11,18,26H,3,6,12H2,1-2,4-5H3,(H,27,28). The van der Waals surface area contributed by atoms with Crippen LogP contribution in [0, 0.1) is 29.9 Å². The van der Waals surface area contributed by atoms with Gasteiger partial charge >= 0.3 is 0 Å². The largest absolute Gasteiger partial charge is 0.359 e. The molecule has 1 fully saturated rings. The van der Waals surface area contributed by atoms with Crippen molar-refractivity contribution in [3.63, 3.8) is 0 Å². The van der Waals surface area contributed by atoms with Crippen LogP contribution >= 0.6 is 0 Å². The van der Waals surface area contributed by atoms with Gasteiger partial charge in [0.15, 0.2) is 5.82 Å². The van der Waals surface area contributed by atoms with E-state index in [4.69, 9.17) is 0 Å². The van der Waals surface area contributed by atoms with Crippen molar-refractivity contribution in [2.24, 2.45) is 11.3 Å². The summed E-state index contributed by atoms with van der Waals surface area (Å²) >= 11 is 0. The molecule has 1 unspecified atom stereocenters. The number of benzene rings is 2. The van der Waals surface area contributed by atoms with Crippen LogP contribution in [0.15, 0.2) is 42.6 Å². The zero-order valence-electron chi connectivity index (χ0n) is 16.7. The third kappa shape index (κ3) is 3.93. The highest BCUT2D eigenvalue weighted by Gasteiger charge is 2.47. The Balaban J connectivity index is 1.82. The van der Waals surface area contributed by atoms with Gasteiger partial charge in [-0.1, -0.05) is 39.5 Å². The number of allylic oxidation sites excluding steroid dienone is 1. The van der Waals surface area contributed by atoms with Gasteiger partial charge in [0, 0.05) is 22.9 Å². The third-order valence-corrected chi connectivity index (χ3v) is 5.51. The number of hydrogen-bond donors (Lipinski definition) is 2. The van der Waals surface area contributed by atoms with Gasteiger partial charge in [0.25, 0.3) is 5.91 Å². The Labute approximate surface area is 164 Å². The Hall–Kier alpha value is -2.69. The summed E-state index contributed by atoms with van der Waals surface area (Å²) in [7, 11) is 0. The fraction of sp³-hybridized carbons (Fsp3) is 0.348. The van der Waals surface area contributed by atoms with Gasteiger partial charge in [-0.25, -0.2) is 8.78 Å². The molecule has 0 aliphatic heterocycles. The van der Waals surface area contributed by atoms with Crippen LogP contribution in [0.2, 0.25) is 0 Å². The van der Waals surface area contributed by atoms with Gasteiger partial charge in [0.05, 0.1) is 0 Å². The van der Waals surface area contributed by atoms with Crippen LogP contribution in [-0.4, -0.2) is 5.91 Å². The average molecular weight is 384 g/mol. The Bertz CT molecular complexity index is 950. The van der Waals surface area contributed by atoms with Crippen molar-refractivity contribution in [2.45, 2.75) is 40.5 Å². The van der Waals surface area contributed by atoms with Gasteiger partial charge < -0.3 is 10.6 Å². The van der Waals surface area contributed by atoms with Crippen molar-refractivity contribution in [1.29, 1.82) is 0 Å². The fourth-order valence-corrected chi connectivity index (χ4v) is 3.44. The van der Waals surface area contributed by atoms with E-state index < -0.39 is 23.2 Å². The minimum absolute atomic E-state index is 0.244. The van der Waals surface area contributed by atoms with Crippen molar-refractivity contribution < 1.29 is 13.6 Å². The van der Waals surface area contributed by atoms with E-state index in [0.29, 0.717) is 29.0 Å². The zero-order valence-corrected chi connectivity index (χ0v) is 16.7. The van der Waals surface area contributed by atoms with Crippen LogP contribution in [0.3, 0.4) is 0 Å². The highest BCUT2D eigenvalue weighted by atomic mass is 19.1. The van der Waals surface area contributed by atoms with E-state index in [-0.39, 0.29) is 5.41 Å². The maximum absolute atomic E-state index is 14.5. The second-order valence-electron chi connectivity index (χ2n) is 8.13. The number of nitrogens with one attached hydrogen (secondary N) is 2. The lowest BCUT2D eigenvalue weighted by Crippen LogP contribution is -2.16. The molecular formula is C23H26F2N2O.